The minimum absolute atomic E-state index is 0.181. The van der Waals surface area contributed by atoms with Crippen molar-refractivity contribution in [1.82, 2.24) is 24.5 Å². The first kappa shape index (κ1) is 24.1. The predicted molar refractivity (Wildman–Crippen MR) is 134 cm³/mol. The van der Waals surface area contributed by atoms with Crippen LogP contribution in [0.4, 0.5) is 16.7 Å². The molecule has 35 heavy (non-hydrogen) atoms. The summed E-state index contributed by atoms with van der Waals surface area (Å²) < 4.78 is 12.9. The number of rotatable bonds is 6. The van der Waals surface area contributed by atoms with Gasteiger partial charge in [-0.25, -0.2) is 4.79 Å². The van der Waals surface area contributed by atoms with Crippen LogP contribution in [0.2, 0.25) is 0 Å². The van der Waals surface area contributed by atoms with E-state index in [9.17, 15) is 4.79 Å². The highest BCUT2D eigenvalue weighted by Gasteiger charge is 2.45. The van der Waals surface area contributed by atoms with Crippen LogP contribution in [-0.2, 0) is 9.47 Å². The number of aromatic nitrogens is 4. The lowest BCUT2D eigenvalue weighted by atomic mass is 9.89. The molecule has 1 amide bonds. The molecule has 2 aliphatic heterocycles. The maximum absolute atomic E-state index is 12.8. The molecule has 2 atom stereocenters. The number of hydrogen-bond donors (Lipinski definition) is 2. The number of carbonyl (C=O) groups excluding carboxylic acids is 1. The molecule has 0 spiro atoms. The average Bonchev–Trinajstić information content (AvgIpc) is 3.28. The average molecular weight is 486 g/mol. The van der Waals surface area contributed by atoms with Gasteiger partial charge in [0.05, 0.1) is 12.3 Å². The predicted octanol–water partition coefficient (Wildman–Crippen LogP) is 4.18. The Labute approximate surface area is 207 Å². The molecular formula is C25H39N7O3. The zero-order valence-electron chi connectivity index (χ0n) is 21.7. The third-order valence-corrected chi connectivity index (χ3v) is 7.45. The Hall–Kier alpha value is -2.62. The Morgan fingerprint density at radius 1 is 1.06 bits per heavy atom. The lowest BCUT2D eigenvalue weighted by Crippen LogP contribution is -2.51. The molecule has 2 aromatic heterocycles. The molecule has 3 fully saturated rings. The maximum atomic E-state index is 12.8. The van der Waals surface area contributed by atoms with E-state index in [2.05, 4.69) is 29.6 Å². The molecular weight excluding hydrogens is 446 g/mol. The monoisotopic (exact) mass is 485 g/mol. The van der Waals surface area contributed by atoms with Gasteiger partial charge in [0.25, 0.3) is 0 Å². The summed E-state index contributed by atoms with van der Waals surface area (Å²) in [5.41, 5.74) is 1.44. The van der Waals surface area contributed by atoms with Gasteiger partial charge in [-0.1, -0.05) is 13.8 Å². The van der Waals surface area contributed by atoms with Gasteiger partial charge >= 0.3 is 6.09 Å². The molecule has 0 radical (unpaired) electrons. The number of nitrogens with one attached hydrogen (secondary N) is 2. The van der Waals surface area contributed by atoms with Crippen LogP contribution >= 0.6 is 0 Å². The zero-order chi connectivity index (χ0) is 24.9. The number of methoxy groups -OCH3 is 1. The first-order chi connectivity index (χ1) is 16.6. The Bertz CT molecular complexity index is 1060. The number of amides is 1. The highest BCUT2D eigenvalue weighted by Crippen LogP contribution is 2.38. The molecule has 192 valence electrons. The molecule has 4 heterocycles. The van der Waals surface area contributed by atoms with E-state index in [-0.39, 0.29) is 24.2 Å². The van der Waals surface area contributed by atoms with Crippen LogP contribution in [0.25, 0.3) is 5.65 Å². The fraction of sp³-hybridized carbons (Fsp3) is 0.760. The van der Waals surface area contributed by atoms with Gasteiger partial charge in [-0.3, -0.25) is 0 Å². The fourth-order valence-corrected chi connectivity index (χ4v) is 5.61. The molecule has 0 aromatic carbocycles. The molecule has 3 aliphatic rings. The van der Waals surface area contributed by atoms with E-state index in [1.807, 2.05) is 36.4 Å². The van der Waals surface area contributed by atoms with Crippen molar-refractivity contribution in [3.63, 3.8) is 0 Å². The summed E-state index contributed by atoms with van der Waals surface area (Å²) in [5.74, 6) is 1.62. The fourth-order valence-electron chi connectivity index (χ4n) is 5.61. The van der Waals surface area contributed by atoms with Gasteiger partial charge in [0.15, 0.2) is 5.65 Å². The smallest absolute Gasteiger partial charge is 0.410 e. The molecule has 10 heteroatoms. The summed E-state index contributed by atoms with van der Waals surface area (Å²) in [6, 6.07) is 0.876. The first-order valence-electron chi connectivity index (χ1n) is 12.9. The lowest BCUT2D eigenvalue weighted by molar-refractivity contribution is 0.00681. The van der Waals surface area contributed by atoms with Gasteiger partial charge in [0.2, 0.25) is 11.9 Å². The Morgan fingerprint density at radius 3 is 2.31 bits per heavy atom. The summed E-state index contributed by atoms with van der Waals surface area (Å²) in [7, 11) is 1.76. The number of carbonyl (C=O) groups is 1. The second-order valence-electron chi connectivity index (χ2n) is 11.6. The molecule has 2 N–H and O–H groups in total. The highest BCUT2D eigenvalue weighted by atomic mass is 16.6. The number of ether oxygens (including phenoxy) is 2. The highest BCUT2D eigenvalue weighted by molar-refractivity contribution is 5.70. The second-order valence-corrected chi connectivity index (χ2v) is 11.6. The second kappa shape index (κ2) is 9.11. The van der Waals surface area contributed by atoms with Crippen molar-refractivity contribution >= 4 is 23.6 Å². The standard InChI is InChI=1S/C25H39N7O3/c1-14(2)20-13-26-32-21(20)29-22(27-16-11-19(12-16)34-6)30-23(32)28-15-9-17-7-8-18(10-15)31(17)24(33)35-25(3,4)5/h13-19H,7-12H2,1-6H3,(H2,27,28,29,30). The maximum Gasteiger partial charge on any atom is 0.410 e. The number of piperidine rings is 1. The van der Waals surface area contributed by atoms with Crippen molar-refractivity contribution in [3.8, 4) is 0 Å². The summed E-state index contributed by atoms with van der Waals surface area (Å²) in [4.78, 5) is 24.5. The van der Waals surface area contributed by atoms with E-state index in [0.29, 0.717) is 30.0 Å². The summed E-state index contributed by atoms with van der Waals surface area (Å²) in [5, 5.41) is 11.8. The lowest BCUT2D eigenvalue weighted by Gasteiger charge is -2.39. The Morgan fingerprint density at radius 2 is 1.71 bits per heavy atom. The molecule has 5 rings (SSSR count). The molecule has 1 saturated carbocycles. The van der Waals surface area contributed by atoms with Gasteiger partial charge in [-0.2, -0.15) is 19.6 Å². The largest absolute Gasteiger partial charge is 0.444 e. The number of hydrogen-bond acceptors (Lipinski definition) is 8. The van der Waals surface area contributed by atoms with Gasteiger partial charge < -0.3 is 25.0 Å². The van der Waals surface area contributed by atoms with Crippen molar-refractivity contribution in [2.24, 2.45) is 0 Å². The minimum atomic E-state index is -0.487. The van der Waals surface area contributed by atoms with Crippen molar-refractivity contribution in [2.45, 2.75) is 115 Å². The molecule has 2 saturated heterocycles. The van der Waals surface area contributed by atoms with E-state index in [0.717, 1.165) is 49.7 Å². The molecule has 1 aliphatic carbocycles. The third-order valence-electron chi connectivity index (χ3n) is 7.45. The van der Waals surface area contributed by atoms with Crippen LogP contribution in [0.5, 0.6) is 0 Å². The number of fused-ring (bicyclic) bond motifs is 3. The zero-order valence-corrected chi connectivity index (χ0v) is 21.7. The Balaban J connectivity index is 1.35. The van der Waals surface area contributed by atoms with E-state index >= 15 is 0 Å². The van der Waals surface area contributed by atoms with Gasteiger partial charge in [0.1, 0.15) is 5.60 Å². The number of nitrogens with zero attached hydrogens (tertiary/aromatic N) is 5. The van der Waals surface area contributed by atoms with Gasteiger partial charge in [-0.05, 0) is 65.2 Å². The minimum Gasteiger partial charge on any atom is -0.444 e. The molecule has 2 aromatic rings. The van der Waals surface area contributed by atoms with Gasteiger partial charge in [-0.15, -0.1) is 0 Å². The van der Waals surface area contributed by atoms with Crippen LogP contribution in [0.3, 0.4) is 0 Å². The summed E-state index contributed by atoms with van der Waals surface area (Å²) >= 11 is 0. The van der Waals surface area contributed by atoms with Gasteiger partial charge in [0, 0.05) is 36.8 Å². The van der Waals surface area contributed by atoms with Crippen LogP contribution in [0, 0.1) is 0 Å². The van der Waals surface area contributed by atoms with Crippen molar-refractivity contribution in [3.05, 3.63) is 11.8 Å². The van der Waals surface area contributed by atoms with E-state index < -0.39 is 5.60 Å². The normalized spacial score (nSPS) is 28.3. The van der Waals surface area contributed by atoms with E-state index in [1.54, 1.807) is 7.11 Å². The molecule has 10 nitrogen and oxygen atoms in total. The Kier molecular flexibility index (Phi) is 6.27. The topological polar surface area (TPSA) is 106 Å². The van der Waals surface area contributed by atoms with E-state index in [4.69, 9.17) is 19.4 Å². The van der Waals surface area contributed by atoms with Crippen LogP contribution in [0.15, 0.2) is 6.20 Å². The first-order valence-corrected chi connectivity index (χ1v) is 12.9. The number of anilines is 2. The van der Waals surface area contributed by atoms with Crippen LogP contribution in [-0.4, -0.2) is 73.6 Å². The van der Waals surface area contributed by atoms with Crippen LogP contribution < -0.4 is 10.6 Å². The quantitative estimate of drug-likeness (QED) is 0.628. The van der Waals surface area contributed by atoms with Crippen molar-refractivity contribution in [2.75, 3.05) is 17.7 Å². The van der Waals surface area contributed by atoms with E-state index in [1.165, 1.54) is 0 Å². The van der Waals surface area contributed by atoms with Crippen molar-refractivity contribution < 1.29 is 14.3 Å². The third kappa shape index (κ3) is 4.90. The van der Waals surface area contributed by atoms with Crippen LogP contribution in [0.1, 0.15) is 84.6 Å². The summed E-state index contributed by atoms with van der Waals surface area (Å²) in [6.07, 6.45) is 7.66. The molecule has 2 bridgehead atoms. The molecule has 2 unspecified atom stereocenters. The SMILES string of the molecule is COC1CC(Nc2nc(NC3CC4CCC(C3)N4C(=O)OC(C)(C)C)n3ncc(C(C)C)c3n2)C1. The summed E-state index contributed by atoms with van der Waals surface area (Å²) in [6.45, 7) is 10.1. The van der Waals surface area contributed by atoms with Crippen molar-refractivity contribution in [1.29, 1.82) is 0 Å².